The molecular weight excluding hydrogens is 362 g/mol. The number of amides is 1. The third-order valence-electron chi connectivity index (χ3n) is 6.34. The molecule has 0 spiro atoms. The first-order chi connectivity index (χ1) is 14.0. The van der Waals surface area contributed by atoms with E-state index in [0.717, 1.165) is 41.5 Å². The maximum Gasteiger partial charge on any atom is 0.410 e. The zero-order chi connectivity index (χ0) is 20.4. The lowest BCUT2D eigenvalue weighted by Gasteiger charge is -2.51. The molecule has 2 atom stereocenters. The summed E-state index contributed by atoms with van der Waals surface area (Å²) in [6, 6.07) is 17.8. The van der Waals surface area contributed by atoms with Crippen LogP contribution in [-0.4, -0.2) is 28.2 Å². The number of piperidine rings is 2. The van der Waals surface area contributed by atoms with Crippen LogP contribution in [0, 0.1) is 0 Å². The number of ether oxygens (including phenoxy) is 1. The summed E-state index contributed by atoms with van der Waals surface area (Å²) >= 11 is 0. The van der Waals surface area contributed by atoms with Crippen LogP contribution in [0.1, 0.15) is 55.7 Å². The summed E-state index contributed by atoms with van der Waals surface area (Å²) < 4.78 is 5.62. The summed E-state index contributed by atoms with van der Waals surface area (Å²) in [7, 11) is 0. The van der Waals surface area contributed by atoms with Gasteiger partial charge in [-0.15, -0.1) is 0 Å². The number of fused-ring (bicyclic) bond motifs is 2. The third-order valence-corrected chi connectivity index (χ3v) is 6.34. The predicted octanol–water partition coefficient (Wildman–Crippen LogP) is 5.26. The van der Waals surface area contributed by atoms with Gasteiger partial charge in [-0.3, -0.25) is 0 Å². The highest BCUT2D eigenvalue weighted by atomic mass is 16.6. The maximum atomic E-state index is 12.9. The van der Waals surface area contributed by atoms with Crippen LogP contribution in [0.15, 0.2) is 61.2 Å². The van der Waals surface area contributed by atoms with Gasteiger partial charge >= 0.3 is 6.09 Å². The lowest BCUT2D eigenvalue weighted by Crippen LogP contribution is -2.58. The minimum Gasteiger partial charge on any atom is -0.445 e. The number of allylic oxidation sites excluding steroid dienone is 1. The Hall–Kier alpha value is -2.59. The van der Waals surface area contributed by atoms with Gasteiger partial charge in [0.1, 0.15) is 6.61 Å². The van der Waals surface area contributed by atoms with Crippen molar-refractivity contribution in [3.05, 3.63) is 77.9 Å². The molecule has 2 aliphatic rings. The number of nitrogens with zero attached hydrogens (tertiary/aromatic N) is 1. The van der Waals surface area contributed by atoms with Gasteiger partial charge in [0.25, 0.3) is 0 Å². The van der Waals surface area contributed by atoms with E-state index in [-0.39, 0.29) is 24.8 Å². The summed E-state index contributed by atoms with van der Waals surface area (Å²) in [5, 5.41) is 11.5. The fourth-order valence-electron chi connectivity index (χ4n) is 4.82. The first-order valence-corrected chi connectivity index (χ1v) is 10.4. The Bertz CT molecular complexity index is 861. The van der Waals surface area contributed by atoms with Crippen molar-refractivity contribution >= 4 is 11.7 Å². The van der Waals surface area contributed by atoms with Gasteiger partial charge in [-0.2, -0.15) is 0 Å². The first kappa shape index (κ1) is 19.7. The molecule has 0 radical (unpaired) electrons. The van der Waals surface area contributed by atoms with E-state index in [2.05, 4.69) is 6.58 Å². The summed E-state index contributed by atoms with van der Waals surface area (Å²) in [5.41, 5.74) is 3.10. The molecule has 4 nitrogen and oxygen atoms in total. The van der Waals surface area contributed by atoms with Gasteiger partial charge in [-0.05, 0) is 42.9 Å². The van der Waals surface area contributed by atoms with Gasteiger partial charge in [0.15, 0.2) is 0 Å². The summed E-state index contributed by atoms with van der Waals surface area (Å²) in [4.78, 5) is 14.8. The van der Waals surface area contributed by atoms with E-state index in [9.17, 15) is 9.90 Å². The van der Waals surface area contributed by atoms with Crippen molar-refractivity contribution in [2.24, 2.45) is 0 Å². The van der Waals surface area contributed by atoms with Crippen LogP contribution >= 0.6 is 0 Å². The van der Waals surface area contributed by atoms with Crippen LogP contribution < -0.4 is 0 Å². The van der Waals surface area contributed by atoms with Crippen molar-refractivity contribution in [3.8, 4) is 0 Å². The van der Waals surface area contributed by atoms with Crippen LogP contribution in [0.4, 0.5) is 4.79 Å². The van der Waals surface area contributed by atoms with E-state index in [4.69, 9.17) is 4.74 Å². The SMILES string of the molecule is C=C(C)c1ccc(C2(O)CC3CCCC(C2)N3C(=O)OCc2ccccc2)cc1. The molecule has 2 bridgehead atoms. The highest BCUT2D eigenvalue weighted by Gasteiger charge is 2.48. The van der Waals surface area contributed by atoms with E-state index in [1.807, 2.05) is 66.4 Å². The van der Waals surface area contributed by atoms with Gasteiger partial charge in [0.05, 0.1) is 5.60 Å². The average molecular weight is 392 g/mol. The second kappa shape index (κ2) is 8.03. The molecule has 2 fully saturated rings. The zero-order valence-electron chi connectivity index (χ0n) is 17.0. The lowest BCUT2D eigenvalue weighted by molar-refractivity contribution is -0.0896. The van der Waals surface area contributed by atoms with Crippen LogP contribution in [-0.2, 0) is 16.9 Å². The minimum atomic E-state index is -0.903. The Balaban J connectivity index is 1.48. The standard InChI is InChI=1S/C25H29NO3/c1-18(2)20-11-13-21(14-12-20)25(28)15-22-9-6-10-23(16-25)26(22)24(27)29-17-19-7-4-3-5-8-19/h3-5,7-8,11-14,22-23,28H,1,6,9-10,15-17H2,2H3. The van der Waals surface area contributed by atoms with Gasteiger partial charge in [0.2, 0.25) is 0 Å². The van der Waals surface area contributed by atoms with Crippen molar-refractivity contribution in [1.82, 2.24) is 4.90 Å². The molecule has 29 heavy (non-hydrogen) atoms. The number of hydrogen-bond acceptors (Lipinski definition) is 3. The molecule has 1 amide bonds. The Labute approximate surface area is 172 Å². The van der Waals surface area contributed by atoms with Crippen molar-refractivity contribution in [2.45, 2.75) is 63.3 Å². The van der Waals surface area contributed by atoms with Gasteiger partial charge in [-0.1, -0.05) is 66.7 Å². The molecule has 2 aromatic carbocycles. The second-order valence-electron chi connectivity index (χ2n) is 8.48. The molecule has 0 saturated carbocycles. The van der Waals surface area contributed by atoms with Gasteiger partial charge in [0, 0.05) is 24.9 Å². The van der Waals surface area contributed by atoms with Gasteiger partial charge in [-0.25, -0.2) is 4.79 Å². The Kier molecular flexibility index (Phi) is 5.46. The number of aliphatic hydroxyl groups is 1. The molecule has 4 heteroatoms. The van der Waals surface area contributed by atoms with E-state index in [1.54, 1.807) is 0 Å². The first-order valence-electron chi connectivity index (χ1n) is 10.4. The molecule has 2 saturated heterocycles. The number of benzene rings is 2. The quantitative estimate of drug-likeness (QED) is 0.773. The van der Waals surface area contributed by atoms with Crippen molar-refractivity contribution in [2.75, 3.05) is 0 Å². The number of rotatable bonds is 4. The monoisotopic (exact) mass is 391 g/mol. The predicted molar refractivity (Wildman–Crippen MR) is 114 cm³/mol. The lowest BCUT2D eigenvalue weighted by atomic mass is 9.72. The van der Waals surface area contributed by atoms with E-state index < -0.39 is 5.60 Å². The highest BCUT2D eigenvalue weighted by molar-refractivity contribution is 5.69. The Morgan fingerprint density at radius 2 is 1.72 bits per heavy atom. The third kappa shape index (κ3) is 4.08. The molecule has 152 valence electrons. The molecular formula is C25H29NO3. The Morgan fingerprint density at radius 1 is 1.10 bits per heavy atom. The van der Waals surface area contributed by atoms with Gasteiger partial charge < -0.3 is 14.7 Å². The summed E-state index contributed by atoms with van der Waals surface area (Å²) in [6.45, 7) is 6.24. The topological polar surface area (TPSA) is 49.8 Å². The molecule has 1 N–H and O–H groups in total. The summed E-state index contributed by atoms with van der Waals surface area (Å²) in [6.07, 6.45) is 3.74. The number of carbonyl (C=O) groups excluding carboxylic acids is 1. The molecule has 2 aliphatic heterocycles. The van der Waals surface area contributed by atoms with Crippen molar-refractivity contribution < 1.29 is 14.6 Å². The average Bonchev–Trinajstić information content (AvgIpc) is 2.72. The van der Waals surface area contributed by atoms with Crippen LogP contribution in [0.2, 0.25) is 0 Å². The summed E-state index contributed by atoms with van der Waals surface area (Å²) in [5.74, 6) is 0. The molecule has 4 rings (SSSR count). The zero-order valence-corrected chi connectivity index (χ0v) is 17.0. The van der Waals surface area contributed by atoms with E-state index in [0.29, 0.717) is 12.8 Å². The number of carbonyl (C=O) groups is 1. The molecule has 0 aromatic heterocycles. The van der Waals surface area contributed by atoms with Crippen molar-refractivity contribution in [3.63, 3.8) is 0 Å². The molecule has 0 aliphatic carbocycles. The molecule has 2 aromatic rings. The van der Waals surface area contributed by atoms with Crippen LogP contribution in [0.25, 0.3) is 5.57 Å². The van der Waals surface area contributed by atoms with Crippen LogP contribution in [0.5, 0.6) is 0 Å². The van der Waals surface area contributed by atoms with E-state index >= 15 is 0 Å². The van der Waals surface area contributed by atoms with Crippen molar-refractivity contribution in [1.29, 1.82) is 0 Å². The van der Waals surface area contributed by atoms with E-state index in [1.165, 1.54) is 0 Å². The number of hydrogen-bond donors (Lipinski definition) is 1. The smallest absolute Gasteiger partial charge is 0.410 e. The fraction of sp³-hybridized carbons (Fsp3) is 0.400. The fourth-order valence-corrected chi connectivity index (χ4v) is 4.82. The highest BCUT2D eigenvalue weighted by Crippen LogP contribution is 2.44. The molecule has 2 unspecified atom stereocenters. The second-order valence-corrected chi connectivity index (χ2v) is 8.48. The minimum absolute atomic E-state index is 0.0107. The van der Waals surface area contributed by atoms with Crippen LogP contribution in [0.3, 0.4) is 0 Å². The normalized spacial score (nSPS) is 26.1. The largest absolute Gasteiger partial charge is 0.445 e. The Morgan fingerprint density at radius 3 is 2.31 bits per heavy atom. The molecule has 2 heterocycles. The maximum absolute atomic E-state index is 12.9.